The topological polar surface area (TPSA) is 126 Å². The number of anilines is 1. The predicted molar refractivity (Wildman–Crippen MR) is 121 cm³/mol. The first-order chi connectivity index (χ1) is 15.3. The second-order valence-electron chi connectivity index (χ2n) is 7.00. The van der Waals surface area contributed by atoms with E-state index in [4.69, 9.17) is 10.5 Å². The molecule has 0 saturated heterocycles. The molecule has 0 aliphatic carbocycles. The highest BCUT2D eigenvalue weighted by molar-refractivity contribution is 7.21. The number of hydrogen-bond donors (Lipinski definition) is 1. The van der Waals surface area contributed by atoms with Gasteiger partial charge in [-0.3, -0.25) is 18.7 Å². The number of thiazole rings is 1. The van der Waals surface area contributed by atoms with Crippen LogP contribution in [0.5, 0.6) is 0 Å². The first-order valence-electron chi connectivity index (χ1n) is 9.50. The summed E-state index contributed by atoms with van der Waals surface area (Å²) in [5.74, 6) is -1.83. The van der Waals surface area contributed by atoms with Gasteiger partial charge in [0.25, 0.3) is 5.56 Å². The van der Waals surface area contributed by atoms with E-state index in [1.54, 1.807) is 24.3 Å². The Morgan fingerprint density at radius 3 is 2.47 bits per heavy atom. The van der Waals surface area contributed by atoms with E-state index < -0.39 is 35.2 Å². The Kier molecular flexibility index (Phi) is 5.45. The fraction of sp³-hybridized carbons (Fsp3) is 0.136. The van der Waals surface area contributed by atoms with Crippen molar-refractivity contribution in [2.45, 2.75) is 0 Å². The number of hydrogen-bond acceptors (Lipinski definition) is 8. The molecule has 10 heteroatoms. The van der Waals surface area contributed by atoms with E-state index in [2.05, 4.69) is 4.98 Å². The Labute approximate surface area is 185 Å². The van der Waals surface area contributed by atoms with Crippen LogP contribution in [0.1, 0.15) is 20.7 Å². The summed E-state index contributed by atoms with van der Waals surface area (Å²) in [7, 11) is 2.58. The number of fused-ring (bicyclic) bond motifs is 1. The molecule has 0 atom stereocenters. The van der Waals surface area contributed by atoms with Crippen LogP contribution in [0.3, 0.4) is 0 Å². The van der Waals surface area contributed by atoms with Gasteiger partial charge >= 0.3 is 11.7 Å². The van der Waals surface area contributed by atoms with E-state index >= 15 is 0 Å². The number of carbonyl (C=O) groups is 2. The van der Waals surface area contributed by atoms with Crippen LogP contribution in [0.4, 0.5) is 5.82 Å². The van der Waals surface area contributed by atoms with Gasteiger partial charge in [-0.05, 0) is 18.2 Å². The summed E-state index contributed by atoms with van der Waals surface area (Å²) in [5.41, 5.74) is 5.50. The van der Waals surface area contributed by atoms with Crippen molar-refractivity contribution in [2.75, 3.05) is 12.3 Å². The van der Waals surface area contributed by atoms with Crippen molar-refractivity contribution in [3.05, 3.63) is 80.5 Å². The van der Waals surface area contributed by atoms with Gasteiger partial charge in [-0.2, -0.15) is 0 Å². The van der Waals surface area contributed by atoms with Crippen molar-refractivity contribution in [1.29, 1.82) is 0 Å². The summed E-state index contributed by atoms with van der Waals surface area (Å²) in [6.07, 6.45) is 0. The fourth-order valence-electron chi connectivity index (χ4n) is 3.24. The average molecular weight is 450 g/mol. The summed E-state index contributed by atoms with van der Waals surface area (Å²) in [4.78, 5) is 54.2. The lowest BCUT2D eigenvalue weighted by Gasteiger charge is -2.11. The molecule has 32 heavy (non-hydrogen) atoms. The number of aromatic nitrogens is 3. The summed E-state index contributed by atoms with van der Waals surface area (Å²) < 4.78 is 7.93. The molecule has 0 fully saturated rings. The number of nitrogens with two attached hydrogens (primary N) is 1. The first kappa shape index (κ1) is 21.2. The molecule has 0 unspecified atom stereocenters. The maximum Gasteiger partial charge on any atom is 0.339 e. The molecule has 0 radical (unpaired) electrons. The van der Waals surface area contributed by atoms with Gasteiger partial charge in [0.1, 0.15) is 16.4 Å². The largest absolute Gasteiger partial charge is 0.454 e. The Morgan fingerprint density at radius 1 is 1.03 bits per heavy atom. The molecule has 4 rings (SSSR count). The number of esters is 1. The third-order valence-electron chi connectivity index (χ3n) is 4.99. The van der Waals surface area contributed by atoms with Gasteiger partial charge in [0.15, 0.2) is 6.61 Å². The zero-order valence-electron chi connectivity index (χ0n) is 17.2. The Bertz CT molecular complexity index is 1470. The van der Waals surface area contributed by atoms with Crippen LogP contribution in [0.25, 0.3) is 20.8 Å². The number of benzene rings is 2. The van der Waals surface area contributed by atoms with Crippen LogP contribution in [-0.2, 0) is 18.8 Å². The SMILES string of the molecule is Cn1c(N)c(C(=O)COC(=O)c2ccccc2-c2nc3ccccc3s2)c(=O)n(C)c1=O. The molecule has 4 aromatic rings. The highest BCUT2D eigenvalue weighted by atomic mass is 32.1. The van der Waals surface area contributed by atoms with Crippen LogP contribution in [0.2, 0.25) is 0 Å². The van der Waals surface area contributed by atoms with Crippen molar-refractivity contribution in [2.24, 2.45) is 14.1 Å². The Hall–Kier alpha value is -4.05. The van der Waals surface area contributed by atoms with Crippen molar-refractivity contribution in [1.82, 2.24) is 14.1 Å². The monoisotopic (exact) mass is 450 g/mol. The second-order valence-corrected chi connectivity index (χ2v) is 8.03. The van der Waals surface area contributed by atoms with E-state index in [1.807, 2.05) is 24.3 Å². The maximum absolute atomic E-state index is 12.8. The first-order valence-corrected chi connectivity index (χ1v) is 10.3. The van der Waals surface area contributed by atoms with Crippen molar-refractivity contribution in [3.63, 3.8) is 0 Å². The third kappa shape index (κ3) is 3.60. The van der Waals surface area contributed by atoms with Crippen LogP contribution in [0.15, 0.2) is 58.1 Å². The minimum Gasteiger partial charge on any atom is -0.454 e. The molecular formula is C22H18N4O5S. The molecule has 9 nitrogen and oxygen atoms in total. The van der Waals surface area contributed by atoms with E-state index in [0.29, 0.717) is 10.6 Å². The molecule has 0 aliphatic rings. The van der Waals surface area contributed by atoms with Crippen LogP contribution >= 0.6 is 11.3 Å². The van der Waals surface area contributed by atoms with Gasteiger partial charge in [0.2, 0.25) is 5.78 Å². The number of ether oxygens (including phenoxy) is 1. The third-order valence-corrected chi connectivity index (χ3v) is 6.06. The van der Waals surface area contributed by atoms with Gasteiger partial charge < -0.3 is 10.5 Å². The van der Waals surface area contributed by atoms with Gasteiger partial charge in [0.05, 0.1) is 15.8 Å². The van der Waals surface area contributed by atoms with E-state index in [0.717, 1.165) is 19.4 Å². The summed E-state index contributed by atoms with van der Waals surface area (Å²) in [6, 6.07) is 14.4. The molecule has 162 valence electrons. The van der Waals surface area contributed by atoms with Crippen LogP contribution in [0, 0.1) is 0 Å². The number of carbonyl (C=O) groups excluding carboxylic acids is 2. The summed E-state index contributed by atoms with van der Waals surface area (Å²) in [5, 5.41) is 0.640. The van der Waals surface area contributed by atoms with E-state index in [-0.39, 0.29) is 11.4 Å². The predicted octanol–water partition coefficient (Wildman–Crippen LogP) is 1.98. The molecule has 0 aliphatic heterocycles. The number of rotatable bonds is 5. The Morgan fingerprint density at radius 2 is 1.72 bits per heavy atom. The number of nitrogen functional groups attached to an aromatic ring is 1. The number of nitrogens with zero attached hydrogens (tertiary/aromatic N) is 3. The zero-order chi connectivity index (χ0) is 23.0. The molecule has 2 N–H and O–H groups in total. The highest BCUT2D eigenvalue weighted by Crippen LogP contribution is 2.32. The Balaban J connectivity index is 1.61. The van der Waals surface area contributed by atoms with Crippen molar-refractivity contribution < 1.29 is 14.3 Å². The molecule has 2 heterocycles. The minimum atomic E-state index is -0.846. The lowest BCUT2D eigenvalue weighted by molar-refractivity contribution is 0.0475. The molecular weight excluding hydrogens is 432 g/mol. The fourth-order valence-corrected chi connectivity index (χ4v) is 4.24. The standard InChI is InChI=1S/C22H18N4O5S/c1-25-18(23)17(20(28)26(2)22(25)30)15(27)11-31-21(29)13-8-4-3-7-12(13)19-24-14-9-5-6-10-16(14)32-19/h3-10H,11,23H2,1-2H3. The zero-order valence-corrected chi connectivity index (χ0v) is 18.0. The quantitative estimate of drug-likeness (QED) is 0.364. The summed E-state index contributed by atoms with van der Waals surface area (Å²) >= 11 is 1.43. The number of ketones is 1. The van der Waals surface area contributed by atoms with Crippen molar-refractivity contribution >= 4 is 39.1 Å². The second kappa shape index (κ2) is 8.23. The normalized spacial score (nSPS) is 10.9. The average Bonchev–Trinajstić information content (AvgIpc) is 3.24. The molecule has 0 saturated carbocycles. The summed E-state index contributed by atoms with van der Waals surface area (Å²) in [6.45, 7) is -0.704. The highest BCUT2D eigenvalue weighted by Gasteiger charge is 2.23. The van der Waals surface area contributed by atoms with Gasteiger partial charge in [-0.1, -0.05) is 30.3 Å². The lowest BCUT2D eigenvalue weighted by atomic mass is 10.1. The number of para-hydroxylation sites is 1. The molecule has 0 spiro atoms. The van der Waals surface area contributed by atoms with E-state index in [9.17, 15) is 19.2 Å². The van der Waals surface area contributed by atoms with Gasteiger partial charge in [-0.25, -0.2) is 14.6 Å². The smallest absolute Gasteiger partial charge is 0.339 e. The van der Waals surface area contributed by atoms with E-state index in [1.165, 1.54) is 25.4 Å². The van der Waals surface area contributed by atoms with Gasteiger partial charge in [-0.15, -0.1) is 11.3 Å². The maximum atomic E-state index is 12.8. The molecule has 0 bridgehead atoms. The van der Waals surface area contributed by atoms with Crippen molar-refractivity contribution in [3.8, 4) is 10.6 Å². The number of Topliss-reactive ketones (excluding diaryl/α,β-unsaturated/α-hetero) is 1. The molecule has 2 aromatic carbocycles. The van der Waals surface area contributed by atoms with Gasteiger partial charge in [0, 0.05) is 19.7 Å². The van der Waals surface area contributed by atoms with Crippen LogP contribution < -0.4 is 17.0 Å². The molecule has 2 aromatic heterocycles. The lowest BCUT2D eigenvalue weighted by Crippen LogP contribution is -2.42. The molecule has 0 amide bonds. The minimum absolute atomic E-state index is 0.237. The van der Waals surface area contributed by atoms with Crippen LogP contribution in [-0.4, -0.2) is 32.5 Å².